The maximum absolute atomic E-state index is 12.2. The molecule has 0 bridgehead atoms. The Morgan fingerprint density at radius 2 is 2.11 bits per heavy atom. The first kappa shape index (κ1) is 15.3. The lowest BCUT2D eigenvalue weighted by molar-refractivity contribution is -0.385. The largest absolute Gasteiger partial charge is 0.481 e. The fourth-order valence-corrected chi connectivity index (χ4v) is 1.88. The minimum Gasteiger partial charge on any atom is -0.481 e. The van der Waals surface area contributed by atoms with Gasteiger partial charge in [-0.15, -0.1) is 0 Å². The number of carboxylic acid groups (broad SMARTS) is 1. The minimum atomic E-state index is -3.10. The van der Waals surface area contributed by atoms with E-state index >= 15 is 0 Å². The highest BCUT2D eigenvalue weighted by Gasteiger charge is 2.21. The van der Waals surface area contributed by atoms with E-state index in [0.29, 0.717) is 0 Å². The highest BCUT2D eigenvalue weighted by molar-refractivity contribution is 9.08. The summed E-state index contributed by atoms with van der Waals surface area (Å²) < 4.78 is 28.6. The first-order valence-corrected chi connectivity index (χ1v) is 6.00. The molecule has 0 amide bonds. The Hall–Kier alpha value is -1.77. The van der Waals surface area contributed by atoms with E-state index in [-0.39, 0.29) is 22.2 Å². The van der Waals surface area contributed by atoms with E-state index in [9.17, 15) is 23.7 Å². The number of halogens is 3. The van der Waals surface area contributed by atoms with Gasteiger partial charge in [-0.3, -0.25) is 14.9 Å². The second-order valence-electron chi connectivity index (χ2n) is 3.43. The van der Waals surface area contributed by atoms with Gasteiger partial charge in [-0.25, -0.2) is 0 Å². The Labute approximate surface area is 114 Å². The van der Waals surface area contributed by atoms with Gasteiger partial charge in [0.15, 0.2) is 0 Å². The summed E-state index contributed by atoms with van der Waals surface area (Å²) in [5, 5.41) is 19.5. The molecule has 19 heavy (non-hydrogen) atoms. The van der Waals surface area contributed by atoms with Crippen LogP contribution in [-0.2, 0) is 16.5 Å². The van der Waals surface area contributed by atoms with E-state index in [2.05, 4.69) is 20.7 Å². The van der Waals surface area contributed by atoms with Crippen LogP contribution >= 0.6 is 15.9 Å². The van der Waals surface area contributed by atoms with Crippen LogP contribution in [0.3, 0.4) is 0 Å². The molecule has 0 aliphatic carbocycles. The molecule has 0 unspecified atom stereocenters. The van der Waals surface area contributed by atoms with Crippen LogP contribution in [0.15, 0.2) is 12.1 Å². The summed E-state index contributed by atoms with van der Waals surface area (Å²) in [6.45, 7) is -3.10. The molecule has 0 aliphatic rings. The number of hydrogen-bond donors (Lipinski definition) is 1. The predicted octanol–water partition coefficient (Wildman–Crippen LogP) is 2.72. The number of benzene rings is 1. The zero-order valence-electron chi connectivity index (χ0n) is 9.31. The van der Waals surface area contributed by atoms with Crippen LogP contribution in [0.4, 0.5) is 14.5 Å². The molecule has 9 heteroatoms. The molecule has 0 heterocycles. The van der Waals surface area contributed by atoms with E-state index in [1.807, 2.05) is 0 Å². The number of aliphatic carboxylic acids is 1. The lowest BCUT2D eigenvalue weighted by Crippen LogP contribution is -2.08. The second-order valence-corrected chi connectivity index (χ2v) is 3.99. The summed E-state index contributed by atoms with van der Waals surface area (Å²) in [7, 11) is 0. The lowest BCUT2D eigenvalue weighted by Gasteiger charge is -2.11. The minimum absolute atomic E-state index is 0.0588. The van der Waals surface area contributed by atoms with Crippen LogP contribution in [0.1, 0.15) is 11.1 Å². The highest BCUT2D eigenvalue weighted by Crippen LogP contribution is 2.31. The van der Waals surface area contributed by atoms with Crippen molar-refractivity contribution in [1.82, 2.24) is 0 Å². The number of rotatable bonds is 6. The van der Waals surface area contributed by atoms with Crippen LogP contribution in [0.25, 0.3) is 0 Å². The number of nitro benzene ring substituents is 1. The SMILES string of the molecule is O=C(O)Cc1cc(OC(F)F)c(CBr)cc1[N+](=O)[O-]. The molecule has 0 spiro atoms. The molecule has 1 aromatic carbocycles. The summed E-state index contributed by atoms with van der Waals surface area (Å²) in [5.74, 6) is -1.59. The molecular formula is C10H8BrF2NO5. The number of carbonyl (C=O) groups is 1. The van der Waals surface area contributed by atoms with E-state index in [4.69, 9.17) is 5.11 Å². The van der Waals surface area contributed by atoms with Gasteiger partial charge in [0.25, 0.3) is 5.69 Å². The van der Waals surface area contributed by atoms with Crippen molar-refractivity contribution in [3.63, 3.8) is 0 Å². The van der Waals surface area contributed by atoms with E-state index in [1.54, 1.807) is 0 Å². The molecule has 6 nitrogen and oxygen atoms in total. The number of nitro groups is 1. The smallest absolute Gasteiger partial charge is 0.387 e. The topological polar surface area (TPSA) is 89.7 Å². The average molecular weight is 340 g/mol. The van der Waals surface area contributed by atoms with Crippen LogP contribution in [0.5, 0.6) is 5.75 Å². The van der Waals surface area contributed by atoms with E-state index in [0.717, 1.165) is 12.1 Å². The second kappa shape index (κ2) is 6.41. The highest BCUT2D eigenvalue weighted by atomic mass is 79.9. The monoisotopic (exact) mass is 339 g/mol. The average Bonchev–Trinajstić information content (AvgIpc) is 2.27. The van der Waals surface area contributed by atoms with Crippen molar-refractivity contribution in [2.75, 3.05) is 0 Å². The molecule has 0 fully saturated rings. The molecule has 1 aromatic rings. The molecule has 104 valence electrons. The van der Waals surface area contributed by atoms with Gasteiger partial charge >= 0.3 is 12.6 Å². The van der Waals surface area contributed by atoms with Crippen LogP contribution in [-0.4, -0.2) is 22.6 Å². The van der Waals surface area contributed by atoms with Crippen molar-refractivity contribution in [2.24, 2.45) is 0 Å². The molecule has 0 aliphatic heterocycles. The van der Waals surface area contributed by atoms with Crippen LogP contribution in [0, 0.1) is 10.1 Å². The number of alkyl halides is 3. The summed E-state index contributed by atoms with van der Waals surface area (Å²) in [5.41, 5.74) is -0.502. The number of carboxylic acids is 1. The Morgan fingerprint density at radius 1 is 1.47 bits per heavy atom. The van der Waals surface area contributed by atoms with Gasteiger partial charge in [0.1, 0.15) is 5.75 Å². The van der Waals surface area contributed by atoms with Gasteiger partial charge in [-0.2, -0.15) is 8.78 Å². The molecule has 0 saturated heterocycles. The predicted molar refractivity (Wildman–Crippen MR) is 63.7 cm³/mol. The number of ether oxygens (including phenoxy) is 1. The molecule has 1 N–H and O–H groups in total. The van der Waals surface area contributed by atoms with Crippen molar-refractivity contribution < 1.29 is 28.3 Å². The quantitative estimate of drug-likeness (QED) is 0.489. The van der Waals surface area contributed by atoms with Gasteiger partial charge in [-0.05, 0) is 6.07 Å². The maximum Gasteiger partial charge on any atom is 0.387 e. The molecule has 1 rings (SSSR count). The van der Waals surface area contributed by atoms with E-state index < -0.39 is 29.6 Å². The van der Waals surface area contributed by atoms with Crippen molar-refractivity contribution in [3.8, 4) is 5.75 Å². The summed E-state index contributed by atoms with van der Waals surface area (Å²) >= 11 is 2.99. The summed E-state index contributed by atoms with van der Waals surface area (Å²) in [6.07, 6.45) is -0.654. The third-order valence-electron chi connectivity index (χ3n) is 2.16. The fraction of sp³-hybridized carbons (Fsp3) is 0.300. The van der Waals surface area contributed by atoms with Crippen molar-refractivity contribution >= 4 is 27.6 Å². The molecule has 0 radical (unpaired) electrons. The third-order valence-corrected chi connectivity index (χ3v) is 2.76. The maximum atomic E-state index is 12.2. The van der Waals surface area contributed by atoms with Gasteiger partial charge in [0.05, 0.1) is 11.3 Å². The molecular weight excluding hydrogens is 332 g/mol. The normalized spacial score (nSPS) is 10.5. The van der Waals surface area contributed by atoms with Crippen LogP contribution in [0.2, 0.25) is 0 Å². The van der Waals surface area contributed by atoms with E-state index in [1.165, 1.54) is 0 Å². The van der Waals surface area contributed by atoms with Crippen molar-refractivity contribution in [1.29, 1.82) is 0 Å². The first-order chi connectivity index (χ1) is 8.85. The van der Waals surface area contributed by atoms with Gasteiger partial charge < -0.3 is 9.84 Å². The summed E-state index contributed by atoms with van der Waals surface area (Å²) in [6, 6.07) is 1.97. The van der Waals surface area contributed by atoms with Crippen molar-refractivity contribution in [3.05, 3.63) is 33.4 Å². The van der Waals surface area contributed by atoms with Gasteiger partial charge in [0.2, 0.25) is 0 Å². The fourth-order valence-electron chi connectivity index (χ4n) is 1.44. The molecule has 0 saturated carbocycles. The van der Waals surface area contributed by atoms with Gasteiger partial charge in [0, 0.05) is 22.5 Å². The Bertz CT molecular complexity index is 509. The van der Waals surface area contributed by atoms with Gasteiger partial charge in [-0.1, -0.05) is 15.9 Å². The Balaban J connectivity index is 3.33. The standard InChI is InChI=1S/C10H8BrF2NO5/c11-4-6-1-7(14(17)18)5(3-9(15)16)2-8(6)19-10(12)13/h1-2,10H,3-4H2,(H,15,16). The lowest BCUT2D eigenvalue weighted by atomic mass is 10.1. The Morgan fingerprint density at radius 3 is 2.53 bits per heavy atom. The third kappa shape index (κ3) is 4.12. The zero-order chi connectivity index (χ0) is 14.6. The number of nitrogens with zero attached hydrogens (tertiary/aromatic N) is 1. The van der Waals surface area contributed by atoms with Crippen LogP contribution < -0.4 is 4.74 Å². The Kier molecular flexibility index (Phi) is 5.16. The molecule has 0 aromatic heterocycles. The first-order valence-electron chi connectivity index (χ1n) is 4.88. The zero-order valence-corrected chi connectivity index (χ0v) is 10.9. The number of hydrogen-bond acceptors (Lipinski definition) is 4. The van der Waals surface area contributed by atoms with Crippen molar-refractivity contribution in [2.45, 2.75) is 18.4 Å². The molecule has 0 atom stereocenters. The summed E-state index contributed by atoms with van der Waals surface area (Å²) in [4.78, 5) is 20.7.